The minimum atomic E-state index is -0.418. The Bertz CT molecular complexity index is 642. The van der Waals surface area contributed by atoms with E-state index in [0.29, 0.717) is 24.0 Å². The van der Waals surface area contributed by atoms with E-state index in [-0.39, 0.29) is 23.5 Å². The zero-order valence-corrected chi connectivity index (χ0v) is 16.1. The molecule has 1 aromatic heterocycles. The normalized spacial score (nSPS) is 21.0. The zero-order chi connectivity index (χ0) is 18.8. The number of carbonyl (C=O) groups excluding carboxylic acids is 2. The number of hydrogen-bond donors (Lipinski definition) is 1. The molecule has 6 nitrogen and oxygen atoms in total. The Hall–Kier alpha value is -1.69. The van der Waals surface area contributed by atoms with Gasteiger partial charge >= 0.3 is 0 Å². The van der Waals surface area contributed by atoms with E-state index >= 15 is 0 Å². The first-order chi connectivity index (χ1) is 12.4. The fourth-order valence-corrected chi connectivity index (χ4v) is 3.73. The van der Waals surface area contributed by atoms with Crippen LogP contribution in [0.3, 0.4) is 0 Å². The number of nitrogens with zero attached hydrogens (tertiary/aromatic N) is 2. The van der Waals surface area contributed by atoms with Gasteiger partial charge in [-0.2, -0.15) is 0 Å². The first-order valence-corrected chi connectivity index (χ1v) is 9.91. The molecule has 0 spiro atoms. The number of piperidine rings is 1. The summed E-state index contributed by atoms with van der Waals surface area (Å²) >= 11 is 0. The molecular weight excluding hydrogens is 330 g/mol. The fraction of sp³-hybridized carbons (Fsp3) is 0.750. The van der Waals surface area contributed by atoms with E-state index in [0.717, 1.165) is 44.5 Å². The van der Waals surface area contributed by atoms with Gasteiger partial charge in [0.2, 0.25) is 5.91 Å². The van der Waals surface area contributed by atoms with Crippen molar-refractivity contribution in [1.29, 1.82) is 0 Å². The minimum absolute atomic E-state index is 0.0531. The average molecular weight is 361 g/mol. The molecule has 144 valence electrons. The van der Waals surface area contributed by atoms with Gasteiger partial charge in [0.15, 0.2) is 5.78 Å². The molecule has 0 radical (unpaired) electrons. The molecule has 6 heteroatoms. The van der Waals surface area contributed by atoms with E-state index < -0.39 is 6.04 Å². The van der Waals surface area contributed by atoms with Crippen molar-refractivity contribution in [3.8, 4) is 0 Å². The molecular formula is C20H31N3O3. The van der Waals surface area contributed by atoms with Crippen LogP contribution < -0.4 is 5.73 Å². The summed E-state index contributed by atoms with van der Waals surface area (Å²) in [4.78, 5) is 26.7. The summed E-state index contributed by atoms with van der Waals surface area (Å²) in [7, 11) is 0. The van der Waals surface area contributed by atoms with Crippen molar-refractivity contribution in [2.75, 3.05) is 13.1 Å². The van der Waals surface area contributed by atoms with Crippen LogP contribution in [-0.2, 0) is 4.79 Å². The summed E-state index contributed by atoms with van der Waals surface area (Å²) in [5.74, 6) is 2.33. The molecule has 1 aromatic rings. The third-order valence-electron chi connectivity index (χ3n) is 5.96. The average Bonchev–Trinajstić information content (AvgIpc) is 3.37. The lowest BCUT2D eigenvalue weighted by atomic mass is 9.82. The lowest BCUT2D eigenvalue weighted by Gasteiger charge is -2.36. The predicted octanol–water partition coefficient (Wildman–Crippen LogP) is 2.98. The van der Waals surface area contributed by atoms with Crippen LogP contribution in [0.4, 0.5) is 0 Å². The number of likely N-dealkylation sites (tertiary alicyclic amines) is 1. The van der Waals surface area contributed by atoms with Gasteiger partial charge in [-0.05, 0) is 43.4 Å². The lowest BCUT2D eigenvalue weighted by molar-refractivity contribution is -0.135. The van der Waals surface area contributed by atoms with Crippen LogP contribution in [0.2, 0.25) is 0 Å². The summed E-state index contributed by atoms with van der Waals surface area (Å²) in [6, 6.07) is 1.40. The second-order valence-electron chi connectivity index (χ2n) is 8.43. The van der Waals surface area contributed by atoms with Crippen LogP contribution in [-0.4, -0.2) is 40.9 Å². The van der Waals surface area contributed by atoms with E-state index in [4.69, 9.17) is 10.3 Å². The van der Waals surface area contributed by atoms with Crippen molar-refractivity contribution in [1.82, 2.24) is 10.1 Å². The van der Waals surface area contributed by atoms with Crippen LogP contribution in [0.15, 0.2) is 10.6 Å². The fourth-order valence-electron chi connectivity index (χ4n) is 3.73. The molecule has 0 bridgehead atoms. The quantitative estimate of drug-likeness (QED) is 0.754. The van der Waals surface area contributed by atoms with Crippen molar-refractivity contribution < 1.29 is 14.1 Å². The van der Waals surface area contributed by atoms with E-state index in [1.807, 2.05) is 24.8 Å². The molecule has 1 unspecified atom stereocenters. The van der Waals surface area contributed by atoms with Crippen molar-refractivity contribution in [3.05, 3.63) is 17.5 Å². The Morgan fingerprint density at radius 3 is 2.46 bits per heavy atom. The number of ketones is 1. The maximum absolute atomic E-state index is 12.5. The number of aromatic nitrogens is 1. The van der Waals surface area contributed by atoms with Crippen LogP contribution in [0.5, 0.6) is 0 Å². The van der Waals surface area contributed by atoms with Gasteiger partial charge in [-0.25, -0.2) is 0 Å². The van der Waals surface area contributed by atoms with Gasteiger partial charge in [-0.3, -0.25) is 9.59 Å². The number of carbonyl (C=O) groups is 2. The zero-order valence-electron chi connectivity index (χ0n) is 16.1. The summed E-state index contributed by atoms with van der Waals surface area (Å²) in [6.45, 7) is 7.54. The van der Waals surface area contributed by atoms with Crippen molar-refractivity contribution in [2.24, 2.45) is 23.5 Å². The molecule has 1 amide bonds. The van der Waals surface area contributed by atoms with Gasteiger partial charge in [0, 0.05) is 31.5 Å². The van der Waals surface area contributed by atoms with Crippen LogP contribution in [0, 0.1) is 17.8 Å². The monoisotopic (exact) mass is 361 g/mol. The van der Waals surface area contributed by atoms with Gasteiger partial charge < -0.3 is 15.2 Å². The topological polar surface area (TPSA) is 89.4 Å². The van der Waals surface area contributed by atoms with E-state index in [2.05, 4.69) is 12.1 Å². The number of amides is 1. The van der Waals surface area contributed by atoms with Gasteiger partial charge in [0.05, 0.1) is 6.04 Å². The highest BCUT2D eigenvalue weighted by Gasteiger charge is 2.32. The SMILES string of the molecule is CC(CC(=O)c1cc(C2CC2)on1)C1CCN(C(=O)[C@H](N)C(C)C)CC1. The van der Waals surface area contributed by atoms with Crippen molar-refractivity contribution in [2.45, 2.75) is 64.8 Å². The Labute approximate surface area is 155 Å². The maximum Gasteiger partial charge on any atom is 0.239 e. The molecule has 26 heavy (non-hydrogen) atoms. The number of nitrogens with two attached hydrogens (primary N) is 1. The maximum atomic E-state index is 12.5. The van der Waals surface area contributed by atoms with Gasteiger partial charge in [-0.1, -0.05) is 25.9 Å². The second-order valence-corrected chi connectivity index (χ2v) is 8.43. The molecule has 2 N–H and O–H groups in total. The van der Waals surface area contributed by atoms with Crippen LogP contribution in [0.1, 0.15) is 75.0 Å². The summed E-state index contributed by atoms with van der Waals surface area (Å²) in [5, 5.41) is 3.96. The Kier molecular flexibility index (Phi) is 5.80. The summed E-state index contributed by atoms with van der Waals surface area (Å²) < 4.78 is 5.29. The summed E-state index contributed by atoms with van der Waals surface area (Å²) in [6.07, 6.45) is 4.61. The van der Waals surface area contributed by atoms with E-state index in [1.165, 1.54) is 0 Å². The molecule has 1 saturated carbocycles. The largest absolute Gasteiger partial charge is 0.360 e. The van der Waals surface area contributed by atoms with Crippen LogP contribution >= 0.6 is 0 Å². The molecule has 2 aliphatic rings. The van der Waals surface area contributed by atoms with E-state index in [9.17, 15) is 9.59 Å². The highest BCUT2D eigenvalue weighted by molar-refractivity contribution is 5.94. The van der Waals surface area contributed by atoms with Gasteiger partial charge in [0.1, 0.15) is 11.5 Å². The highest BCUT2D eigenvalue weighted by Crippen LogP contribution is 2.40. The molecule has 2 atom stereocenters. The standard InChI is InChI=1S/C20H31N3O3/c1-12(2)19(21)20(25)23-8-6-14(7-9-23)13(3)10-17(24)16-11-18(26-22-16)15-4-5-15/h11-15,19H,4-10,21H2,1-3H3/t13?,19-/m1/s1. The van der Waals surface area contributed by atoms with Crippen LogP contribution in [0.25, 0.3) is 0 Å². The Morgan fingerprint density at radius 1 is 1.23 bits per heavy atom. The molecule has 3 rings (SSSR count). The van der Waals surface area contributed by atoms with E-state index in [1.54, 1.807) is 0 Å². The molecule has 1 saturated heterocycles. The first kappa shape index (κ1) is 19.1. The molecule has 1 aliphatic heterocycles. The molecule has 0 aromatic carbocycles. The second kappa shape index (κ2) is 7.91. The molecule has 2 heterocycles. The highest BCUT2D eigenvalue weighted by atomic mass is 16.5. The third-order valence-corrected chi connectivity index (χ3v) is 5.96. The smallest absolute Gasteiger partial charge is 0.239 e. The first-order valence-electron chi connectivity index (χ1n) is 9.91. The number of hydrogen-bond acceptors (Lipinski definition) is 5. The van der Waals surface area contributed by atoms with Crippen molar-refractivity contribution >= 4 is 11.7 Å². The Morgan fingerprint density at radius 2 is 1.88 bits per heavy atom. The third kappa shape index (κ3) is 4.34. The van der Waals surface area contributed by atoms with Gasteiger partial charge in [-0.15, -0.1) is 0 Å². The lowest BCUT2D eigenvalue weighted by Crippen LogP contribution is -2.49. The van der Waals surface area contributed by atoms with Gasteiger partial charge in [0.25, 0.3) is 0 Å². The molecule has 1 aliphatic carbocycles. The Balaban J connectivity index is 1.47. The minimum Gasteiger partial charge on any atom is -0.360 e. The number of Topliss-reactive ketones (excluding diaryl/α,β-unsaturated/α-hetero) is 1. The number of rotatable bonds is 7. The summed E-state index contributed by atoms with van der Waals surface area (Å²) in [5.41, 5.74) is 6.46. The molecule has 2 fully saturated rings. The van der Waals surface area contributed by atoms with Crippen molar-refractivity contribution in [3.63, 3.8) is 0 Å². The predicted molar refractivity (Wildman–Crippen MR) is 98.7 cm³/mol.